The van der Waals surface area contributed by atoms with E-state index in [1.165, 1.54) is 0 Å². The first kappa shape index (κ1) is 12.0. The minimum atomic E-state index is -0.00671. The highest BCUT2D eigenvalue weighted by Gasteiger charge is 2.32. The molecule has 3 nitrogen and oxygen atoms in total. The monoisotopic (exact) mass is 209 g/mol. The number of carbonyl (C=O) groups is 1. The molecule has 0 aromatic carbocycles. The van der Waals surface area contributed by atoms with E-state index in [-0.39, 0.29) is 18.6 Å². The van der Waals surface area contributed by atoms with Gasteiger partial charge in [-0.3, -0.25) is 4.79 Å². The van der Waals surface area contributed by atoms with Crippen molar-refractivity contribution in [3.63, 3.8) is 0 Å². The third-order valence-corrected chi connectivity index (χ3v) is 2.90. The van der Waals surface area contributed by atoms with Gasteiger partial charge in [0.15, 0.2) is 0 Å². The Kier molecular flexibility index (Phi) is 4.56. The van der Waals surface area contributed by atoms with Gasteiger partial charge in [0.05, 0.1) is 12.6 Å². The zero-order chi connectivity index (χ0) is 11.3. The number of amides is 1. The molecule has 0 radical (unpaired) electrons. The van der Waals surface area contributed by atoms with Gasteiger partial charge in [0.25, 0.3) is 0 Å². The van der Waals surface area contributed by atoms with Crippen molar-refractivity contribution in [1.82, 2.24) is 4.90 Å². The highest BCUT2D eigenvalue weighted by molar-refractivity contribution is 5.88. The summed E-state index contributed by atoms with van der Waals surface area (Å²) < 4.78 is 0. The number of hydrogen-bond donors (Lipinski definition) is 1. The van der Waals surface area contributed by atoms with Crippen LogP contribution in [0.25, 0.3) is 0 Å². The van der Waals surface area contributed by atoms with Gasteiger partial charge in [-0.15, -0.1) is 0 Å². The number of hydrogen-bond acceptors (Lipinski definition) is 2. The average molecular weight is 209 g/mol. The quantitative estimate of drug-likeness (QED) is 0.563. The number of carbonyl (C=O) groups excluding carboxylic acids is 1. The van der Waals surface area contributed by atoms with E-state index in [1.807, 2.05) is 19.1 Å². The lowest BCUT2D eigenvalue weighted by Crippen LogP contribution is -2.38. The van der Waals surface area contributed by atoms with Crippen LogP contribution < -0.4 is 0 Å². The Balaban J connectivity index is 2.59. The molecule has 1 fully saturated rings. The Labute approximate surface area is 91.1 Å². The van der Waals surface area contributed by atoms with Gasteiger partial charge in [-0.05, 0) is 19.3 Å². The van der Waals surface area contributed by atoms with Crippen LogP contribution in [-0.4, -0.2) is 35.1 Å². The number of nitrogens with zero attached hydrogens (tertiary/aromatic N) is 1. The summed E-state index contributed by atoms with van der Waals surface area (Å²) in [4.78, 5) is 13.5. The second kappa shape index (κ2) is 5.71. The van der Waals surface area contributed by atoms with E-state index in [9.17, 15) is 9.90 Å². The van der Waals surface area contributed by atoms with E-state index < -0.39 is 0 Å². The van der Waals surface area contributed by atoms with Gasteiger partial charge in [0.1, 0.15) is 0 Å². The summed E-state index contributed by atoms with van der Waals surface area (Å²) >= 11 is 0. The Morgan fingerprint density at radius 1 is 1.53 bits per heavy atom. The van der Waals surface area contributed by atoms with Gasteiger partial charge in [0.2, 0.25) is 5.91 Å². The lowest BCUT2D eigenvalue weighted by Gasteiger charge is -2.23. The van der Waals surface area contributed by atoms with Crippen molar-refractivity contribution in [3.05, 3.63) is 24.3 Å². The minimum Gasteiger partial charge on any atom is -0.394 e. The maximum Gasteiger partial charge on any atom is 0.246 e. The van der Waals surface area contributed by atoms with Gasteiger partial charge >= 0.3 is 0 Å². The van der Waals surface area contributed by atoms with Crippen LogP contribution in [0.5, 0.6) is 0 Å². The molecular weight excluding hydrogens is 190 g/mol. The smallest absolute Gasteiger partial charge is 0.246 e. The van der Waals surface area contributed by atoms with Crippen molar-refractivity contribution in [3.8, 4) is 0 Å². The molecule has 1 aliphatic rings. The first-order valence-electron chi connectivity index (χ1n) is 5.41. The summed E-state index contributed by atoms with van der Waals surface area (Å²) in [6.07, 6.45) is 7.97. The maximum atomic E-state index is 11.7. The average Bonchev–Trinajstić information content (AvgIpc) is 2.59. The van der Waals surface area contributed by atoms with Crippen LogP contribution in [0.1, 0.15) is 20.3 Å². The van der Waals surface area contributed by atoms with Crippen LogP contribution in [0.15, 0.2) is 24.3 Å². The van der Waals surface area contributed by atoms with Crippen LogP contribution >= 0.6 is 0 Å². The SMILES string of the molecule is CC=CC=CC(=O)N1CCC(C)C1CO. The lowest BCUT2D eigenvalue weighted by molar-refractivity contribution is -0.127. The second-order valence-corrected chi connectivity index (χ2v) is 3.93. The lowest BCUT2D eigenvalue weighted by atomic mass is 10.0. The molecule has 1 amide bonds. The predicted molar refractivity (Wildman–Crippen MR) is 60.3 cm³/mol. The fourth-order valence-electron chi connectivity index (χ4n) is 1.90. The fourth-order valence-corrected chi connectivity index (χ4v) is 1.90. The topological polar surface area (TPSA) is 40.5 Å². The minimum absolute atomic E-state index is 0.00324. The molecule has 0 aliphatic carbocycles. The van der Waals surface area contributed by atoms with E-state index in [4.69, 9.17) is 0 Å². The van der Waals surface area contributed by atoms with Crippen molar-refractivity contribution in [1.29, 1.82) is 0 Å². The Hall–Kier alpha value is -1.09. The number of aliphatic hydroxyl groups excluding tert-OH is 1. The van der Waals surface area contributed by atoms with Gasteiger partial charge < -0.3 is 10.0 Å². The zero-order valence-electron chi connectivity index (χ0n) is 9.39. The number of allylic oxidation sites excluding steroid dienone is 3. The molecule has 1 heterocycles. The molecular formula is C12H19NO2. The van der Waals surface area contributed by atoms with Gasteiger partial charge in [-0.25, -0.2) is 0 Å². The Bertz CT molecular complexity index is 271. The van der Waals surface area contributed by atoms with Crippen molar-refractivity contribution in [2.45, 2.75) is 26.3 Å². The first-order valence-corrected chi connectivity index (χ1v) is 5.41. The summed E-state index contributed by atoms with van der Waals surface area (Å²) in [5.41, 5.74) is 0. The molecule has 2 atom stereocenters. The van der Waals surface area contributed by atoms with Crippen LogP contribution in [0.2, 0.25) is 0 Å². The number of aliphatic hydroxyl groups is 1. The van der Waals surface area contributed by atoms with E-state index in [1.54, 1.807) is 17.1 Å². The first-order chi connectivity index (χ1) is 7.20. The highest BCUT2D eigenvalue weighted by atomic mass is 16.3. The molecule has 0 aromatic rings. The van der Waals surface area contributed by atoms with Gasteiger partial charge in [-0.1, -0.05) is 25.2 Å². The van der Waals surface area contributed by atoms with Crippen molar-refractivity contribution >= 4 is 5.91 Å². The molecule has 0 spiro atoms. The van der Waals surface area contributed by atoms with Crippen LogP contribution in [0.4, 0.5) is 0 Å². The molecule has 0 saturated carbocycles. The predicted octanol–water partition coefficient (Wildman–Crippen LogP) is 1.35. The van der Waals surface area contributed by atoms with E-state index >= 15 is 0 Å². The maximum absolute atomic E-state index is 11.7. The molecule has 3 heteroatoms. The summed E-state index contributed by atoms with van der Waals surface area (Å²) in [5, 5.41) is 9.20. The third-order valence-electron chi connectivity index (χ3n) is 2.90. The molecule has 1 N–H and O–H groups in total. The largest absolute Gasteiger partial charge is 0.394 e. The van der Waals surface area contributed by atoms with Crippen LogP contribution in [-0.2, 0) is 4.79 Å². The number of likely N-dealkylation sites (tertiary alicyclic amines) is 1. The van der Waals surface area contributed by atoms with Crippen molar-refractivity contribution in [2.24, 2.45) is 5.92 Å². The Morgan fingerprint density at radius 3 is 2.87 bits per heavy atom. The molecule has 1 aliphatic heterocycles. The molecule has 15 heavy (non-hydrogen) atoms. The molecule has 0 aromatic heterocycles. The molecule has 84 valence electrons. The number of rotatable bonds is 3. The fraction of sp³-hybridized carbons (Fsp3) is 0.583. The zero-order valence-corrected chi connectivity index (χ0v) is 9.39. The summed E-state index contributed by atoms with van der Waals surface area (Å²) in [6, 6.07) is -0.00671. The van der Waals surface area contributed by atoms with Crippen molar-refractivity contribution in [2.75, 3.05) is 13.2 Å². The van der Waals surface area contributed by atoms with Gasteiger partial charge in [0, 0.05) is 12.6 Å². The summed E-state index contributed by atoms with van der Waals surface area (Å²) in [6.45, 7) is 4.79. The van der Waals surface area contributed by atoms with E-state index in [0.29, 0.717) is 5.92 Å². The third kappa shape index (κ3) is 2.93. The Morgan fingerprint density at radius 2 is 2.27 bits per heavy atom. The highest BCUT2D eigenvalue weighted by Crippen LogP contribution is 2.23. The van der Waals surface area contributed by atoms with E-state index in [2.05, 4.69) is 6.92 Å². The summed E-state index contributed by atoms with van der Waals surface area (Å²) in [5.74, 6) is 0.394. The van der Waals surface area contributed by atoms with Crippen LogP contribution in [0, 0.1) is 5.92 Å². The molecule has 1 rings (SSSR count). The normalized spacial score (nSPS) is 27.0. The molecule has 1 saturated heterocycles. The standard InChI is InChI=1S/C12H19NO2/c1-3-4-5-6-12(15)13-8-7-10(2)11(13)9-14/h3-6,10-11,14H,7-9H2,1-2H3. The van der Waals surface area contributed by atoms with E-state index in [0.717, 1.165) is 13.0 Å². The van der Waals surface area contributed by atoms with Crippen LogP contribution in [0.3, 0.4) is 0 Å². The summed E-state index contributed by atoms with van der Waals surface area (Å²) in [7, 11) is 0. The van der Waals surface area contributed by atoms with Crippen molar-refractivity contribution < 1.29 is 9.90 Å². The van der Waals surface area contributed by atoms with Gasteiger partial charge in [-0.2, -0.15) is 0 Å². The second-order valence-electron chi connectivity index (χ2n) is 3.93. The molecule has 0 bridgehead atoms. The molecule has 2 unspecified atom stereocenters.